The molecule has 3 rings (SSSR count). The summed E-state index contributed by atoms with van der Waals surface area (Å²) in [7, 11) is -4.67. The largest absolute Gasteiger partial charge is 0.530 e. The number of nitrogens with zero attached hydrogens (tertiary/aromatic N) is 1. The zero-order valence-corrected chi connectivity index (χ0v) is 22.2. The molecular weight excluding hydrogens is 545 g/mol. The molecule has 1 saturated heterocycles. The van der Waals surface area contributed by atoms with Crippen molar-refractivity contribution in [1.29, 1.82) is 0 Å². The van der Waals surface area contributed by atoms with Crippen LogP contribution in [0.3, 0.4) is 0 Å². The fourth-order valence-corrected chi connectivity index (χ4v) is 4.87. The number of aliphatic hydroxyl groups is 1. The lowest BCUT2D eigenvalue weighted by molar-refractivity contribution is -0.156. The van der Waals surface area contributed by atoms with Crippen LogP contribution in [0.5, 0.6) is 5.75 Å². The van der Waals surface area contributed by atoms with E-state index in [0.717, 1.165) is 0 Å². The lowest BCUT2D eigenvalue weighted by Crippen LogP contribution is -2.45. The molecule has 0 radical (unpaired) electrons. The van der Waals surface area contributed by atoms with Crippen LogP contribution >= 0.6 is 7.82 Å². The summed E-state index contributed by atoms with van der Waals surface area (Å²) in [6.45, 7) is 4.83. The number of carbonyl (C=O) groups is 1. The van der Waals surface area contributed by atoms with Gasteiger partial charge >= 0.3 is 19.5 Å². The third kappa shape index (κ3) is 7.00. The molecule has 2 heterocycles. The molecule has 15 heteroatoms. The number of halogens is 2. The van der Waals surface area contributed by atoms with Crippen molar-refractivity contribution in [2.24, 2.45) is 0 Å². The van der Waals surface area contributed by atoms with Gasteiger partial charge in [-0.3, -0.25) is 23.4 Å². The number of hydrogen-bond donors (Lipinski definition) is 2. The number of ether oxygens (including phenoxy) is 2. The first-order valence-corrected chi connectivity index (χ1v) is 13.1. The van der Waals surface area contributed by atoms with E-state index in [4.69, 9.17) is 23.0 Å². The summed E-state index contributed by atoms with van der Waals surface area (Å²) in [6, 6.07) is 7.63. The number of phosphoric acid groups is 1. The number of phosphoric ester groups is 1. The number of nitrogens with one attached hydrogen (secondary N) is 1. The molecule has 1 aromatic heterocycles. The summed E-state index contributed by atoms with van der Waals surface area (Å²) in [6.07, 6.45) is -7.35. The van der Waals surface area contributed by atoms with E-state index in [0.29, 0.717) is 10.8 Å². The Balaban J connectivity index is 1.89. The minimum absolute atomic E-state index is 0.0305. The van der Waals surface area contributed by atoms with Crippen LogP contribution in [0.4, 0.5) is 8.78 Å². The number of H-pyrrole nitrogens is 1. The van der Waals surface area contributed by atoms with E-state index >= 15 is 4.39 Å². The molecule has 1 aromatic carbocycles. The Morgan fingerprint density at radius 2 is 1.95 bits per heavy atom. The van der Waals surface area contributed by atoms with Crippen LogP contribution < -0.4 is 15.8 Å². The van der Waals surface area contributed by atoms with E-state index in [1.807, 2.05) is 0 Å². The predicted octanol–water partition coefficient (Wildman–Crippen LogP) is 2.23. The lowest BCUT2D eigenvalue weighted by atomic mass is 9.96. The quantitative estimate of drug-likeness (QED) is 0.246. The minimum Gasteiger partial charge on any atom is -0.461 e. The molecule has 1 aliphatic rings. The second kappa shape index (κ2) is 12.2. The average molecular weight is 572 g/mol. The maximum atomic E-state index is 16.0. The number of benzene rings is 1. The van der Waals surface area contributed by atoms with Gasteiger partial charge in [0.1, 0.15) is 18.0 Å². The number of aromatic nitrogens is 2. The summed E-state index contributed by atoms with van der Waals surface area (Å²) in [5, 5.41) is 10.7. The summed E-state index contributed by atoms with van der Waals surface area (Å²) < 4.78 is 70.3. The maximum absolute atomic E-state index is 16.0. The van der Waals surface area contributed by atoms with Crippen LogP contribution in [-0.2, 0) is 27.9 Å². The highest BCUT2D eigenvalue weighted by atomic mass is 31.2. The van der Waals surface area contributed by atoms with Gasteiger partial charge in [-0.1, -0.05) is 24.1 Å². The number of hydrogen-bond acceptors (Lipinski definition) is 10. The summed E-state index contributed by atoms with van der Waals surface area (Å²) >= 11 is 0. The molecule has 1 fully saturated rings. The fourth-order valence-electron chi connectivity index (χ4n) is 3.53. The van der Waals surface area contributed by atoms with E-state index in [2.05, 4.69) is 11.8 Å². The molecule has 0 aliphatic carbocycles. The van der Waals surface area contributed by atoms with Crippen LogP contribution in [-0.4, -0.2) is 57.3 Å². The predicted molar refractivity (Wildman–Crippen MR) is 131 cm³/mol. The van der Waals surface area contributed by atoms with Crippen LogP contribution in [0, 0.1) is 17.7 Å². The van der Waals surface area contributed by atoms with Crippen molar-refractivity contribution in [3.63, 3.8) is 0 Å². The van der Waals surface area contributed by atoms with Crippen LogP contribution in [0.2, 0.25) is 0 Å². The SMILES string of the molecule is CC#CC1(F)C(O)[C@@H](COP(=O)(Oc2ccccc2)O[C@@H](C)C(=O)OC(C)C)OC1n1cc(F)c(=O)[nH]c1=O. The first-order chi connectivity index (χ1) is 18.3. The Kier molecular flexibility index (Phi) is 9.47. The van der Waals surface area contributed by atoms with Crippen molar-refractivity contribution >= 4 is 13.8 Å². The van der Waals surface area contributed by atoms with Crippen molar-refractivity contribution in [3.05, 3.63) is 63.2 Å². The highest BCUT2D eigenvalue weighted by Crippen LogP contribution is 2.52. The molecule has 1 aliphatic heterocycles. The van der Waals surface area contributed by atoms with E-state index in [9.17, 15) is 28.4 Å². The fraction of sp³-hybridized carbons (Fsp3) is 0.458. The second-order valence-electron chi connectivity index (χ2n) is 8.64. The van der Waals surface area contributed by atoms with E-state index < -0.39 is 73.8 Å². The van der Waals surface area contributed by atoms with E-state index in [1.165, 1.54) is 26.0 Å². The molecule has 39 heavy (non-hydrogen) atoms. The third-order valence-corrected chi connectivity index (χ3v) is 6.74. The maximum Gasteiger partial charge on any atom is 0.530 e. The van der Waals surface area contributed by atoms with Crippen molar-refractivity contribution in [2.75, 3.05) is 6.61 Å². The highest BCUT2D eigenvalue weighted by molar-refractivity contribution is 7.49. The third-order valence-electron chi connectivity index (χ3n) is 5.27. The smallest absolute Gasteiger partial charge is 0.461 e. The van der Waals surface area contributed by atoms with Crippen LogP contribution in [0.15, 0.2) is 46.1 Å². The first kappa shape index (κ1) is 30.2. The lowest BCUT2D eigenvalue weighted by Gasteiger charge is -2.24. The van der Waals surface area contributed by atoms with Gasteiger partial charge in [-0.25, -0.2) is 18.5 Å². The van der Waals surface area contributed by atoms with E-state index in [1.54, 1.807) is 37.0 Å². The second-order valence-corrected chi connectivity index (χ2v) is 10.2. The standard InChI is InChI=1S/C24H27F2N2O10P/c1-5-11-24(26)19(29)18(36-22(24)28-12-17(25)20(30)27-23(28)32)13-34-39(33,38-16-9-7-6-8-10-16)37-15(4)21(31)35-14(2)3/h6-10,12,14-15,18-19,22,29H,13H2,1-4H3,(H,27,30,32)/t15-,18+,19?,22?,24?,39?/m0/s1. The molecule has 2 aromatic rings. The van der Waals surface area contributed by atoms with Crippen molar-refractivity contribution in [2.45, 2.75) is 64.0 Å². The number of aliphatic hydroxyl groups excluding tert-OH is 1. The van der Waals surface area contributed by atoms with Gasteiger partial charge in [-0.15, -0.1) is 5.92 Å². The molecule has 6 atom stereocenters. The van der Waals surface area contributed by atoms with E-state index in [-0.39, 0.29) is 5.75 Å². The van der Waals surface area contributed by atoms with Crippen molar-refractivity contribution < 1.29 is 46.3 Å². The number of alkyl halides is 1. The number of rotatable bonds is 10. The average Bonchev–Trinajstić information content (AvgIpc) is 3.10. The molecule has 0 spiro atoms. The molecule has 0 amide bonds. The van der Waals surface area contributed by atoms with Crippen molar-refractivity contribution in [3.8, 4) is 17.6 Å². The van der Waals surface area contributed by atoms with Crippen LogP contribution in [0.1, 0.15) is 33.9 Å². The Hall–Kier alpha value is -3.34. The van der Waals surface area contributed by atoms with Crippen molar-refractivity contribution in [1.82, 2.24) is 9.55 Å². The summed E-state index contributed by atoms with van der Waals surface area (Å²) in [5.74, 6) is 2.10. The Labute approximate surface area is 221 Å². The Morgan fingerprint density at radius 3 is 2.56 bits per heavy atom. The molecule has 4 unspecified atom stereocenters. The number of carbonyl (C=O) groups excluding carboxylic acids is 1. The molecule has 0 bridgehead atoms. The number of esters is 1. The minimum atomic E-state index is -4.67. The van der Waals surface area contributed by atoms with Gasteiger partial charge in [0.05, 0.1) is 18.9 Å². The summed E-state index contributed by atoms with van der Waals surface area (Å²) in [4.78, 5) is 37.6. The topological polar surface area (TPSA) is 155 Å². The van der Waals surface area contributed by atoms with Crippen LogP contribution in [0.25, 0.3) is 0 Å². The van der Waals surface area contributed by atoms with Gasteiger partial charge in [0.25, 0.3) is 5.56 Å². The molecule has 12 nitrogen and oxygen atoms in total. The number of aromatic amines is 1. The molecule has 2 N–H and O–H groups in total. The molecular formula is C24H27F2N2O10P. The first-order valence-electron chi connectivity index (χ1n) is 11.6. The van der Waals surface area contributed by atoms with Gasteiger partial charge < -0.3 is 19.1 Å². The highest BCUT2D eigenvalue weighted by Gasteiger charge is 2.58. The molecule has 212 valence electrons. The summed E-state index contributed by atoms with van der Waals surface area (Å²) in [5.41, 5.74) is -5.57. The Bertz CT molecular complexity index is 1400. The zero-order valence-electron chi connectivity index (χ0n) is 21.3. The Morgan fingerprint density at radius 1 is 1.28 bits per heavy atom. The zero-order chi connectivity index (χ0) is 29.0. The van der Waals surface area contributed by atoms with Gasteiger partial charge in [0.15, 0.2) is 12.3 Å². The van der Waals surface area contributed by atoms with Gasteiger partial charge in [-0.05, 0) is 39.8 Å². The monoisotopic (exact) mass is 572 g/mol. The molecule has 0 saturated carbocycles. The normalized spacial score (nSPS) is 24.9. The van der Waals surface area contributed by atoms with Gasteiger partial charge in [0.2, 0.25) is 11.5 Å². The van der Waals surface area contributed by atoms with Gasteiger partial charge in [-0.2, -0.15) is 4.39 Å². The number of para-hydroxylation sites is 1. The van der Waals surface area contributed by atoms with Gasteiger partial charge in [0, 0.05) is 0 Å².